The maximum absolute atomic E-state index is 11.4. The van der Waals surface area contributed by atoms with Crippen LogP contribution in [-0.2, 0) is 14.6 Å². The van der Waals surface area contributed by atoms with Gasteiger partial charge in [0.15, 0.2) is 15.6 Å². The van der Waals surface area contributed by atoms with Crippen LogP contribution in [0.25, 0.3) is 24.2 Å². The van der Waals surface area contributed by atoms with E-state index in [1.54, 1.807) is 39.0 Å². The third-order valence-corrected chi connectivity index (χ3v) is 10.9. The van der Waals surface area contributed by atoms with Gasteiger partial charge in [0.2, 0.25) is 0 Å². The third kappa shape index (κ3) is 11.4. The van der Waals surface area contributed by atoms with Gasteiger partial charge in [0.05, 0.1) is 73.9 Å². The Morgan fingerprint density at radius 1 is 0.526 bits per heavy atom. The molecule has 1 aliphatic heterocycles. The Hall–Kier alpha value is -7.73. The number of nitrogens with zero attached hydrogens (tertiary/aromatic N) is 10. The van der Waals surface area contributed by atoms with E-state index < -0.39 is 9.84 Å². The minimum Gasteiger partial charge on any atom is -0.294 e. The van der Waals surface area contributed by atoms with Crippen molar-refractivity contribution in [2.45, 2.75) is 72.6 Å². The molecule has 0 aromatic rings. The quantitative estimate of drug-likeness (QED) is 0.0995. The lowest BCUT2D eigenvalue weighted by atomic mass is 10.0. The summed E-state index contributed by atoms with van der Waals surface area (Å²) < 4.78 is 22.8. The molecule has 13 nitrogen and oxygen atoms in total. The average Bonchev–Trinajstić information content (AvgIpc) is 3.99. The number of ketones is 1. The van der Waals surface area contributed by atoms with Gasteiger partial charge in [-0.2, -0.15) is 0 Å². The van der Waals surface area contributed by atoms with Crippen molar-refractivity contribution in [1.82, 2.24) is 0 Å². The predicted octanol–water partition coefficient (Wildman–Crippen LogP) is 9.31. The lowest BCUT2D eigenvalue weighted by Gasteiger charge is -2.02. The Morgan fingerprint density at radius 3 is 1.21 bits per heavy atom. The van der Waals surface area contributed by atoms with Gasteiger partial charge in [0, 0.05) is 16.9 Å². The van der Waals surface area contributed by atoms with Gasteiger partial charge in [-0.05, 0) is 105 Å². The zero-order valence-corrected chi connectivity index (χ0v) is 33.1. The van der Waals surface area contributed by atoms with Crippen LogP contribution in [0.1, 0.15) is 72.6 Å². The molecule has 3 saturated carbocycles. The molecule has 0 amide bonds. The van der Waals surface area contributed by atoms with E-state index in [-0.39, 0.29) is 51.3 Å². The van der Waals surface area contributed by atoms with E-state index in [1.165, 1.54) is 6.08 Å². The smallest absolute Gasteiger partial charge is 0.266 e. The zero-order valence-electron chi connectivity index (χ0n) is 31.5. The molecule has 57 heavy (non-hydrogen) atoms. The van der Waals surface area contributed by atoms with Crippen LogP contribution in [-0.4, -0.2) is 24.8 Å². The molecule has 1 saturated heterocycles. The summed E-state index contributed by atoms with van der Waals surface area (Å²) in [5.74, 6) is 0.0387. The summed E-state index contributed by atoms with van der Waals surface area (Å²) in [5.41, 5.74) is 5.50. The van der Waals surface area contributed by atoms with E-state index in [2.05, 4.69) is 24.2 Å². The monoisotopic (exact) mass is 788 g/mol. The van der Waals surface area contributed by atoms with E-state index in [0.29, 0.717) is 59.1 Å². The number of rotatable bonds is 0. The molecule has 1 heterocycles. The second-order valence-corrected chi connectivity index (χ2v) is 14.0. The van der Waals surface area contributed by atoms with Crippen LogP contribution >= 0.6 is 12.2 Å². The number of allylic oxidation sites excluding steroid dienone is 17. The Morgan fingerprint density at radius 2 is 0.860 bits per heavy atom. The number of carbonyl (C=O) groups excluding carboxylic acids is 1. The first kappa shape index (κ1) is 47.3. The summed E-state index contributed by atoms with van der Waals surface area (Å²) in [6.07, 6.45) is 10.6. The highest BCUT2D eigenvalue weighted by atomic mass is 32.2. The standard InChI is InChI=1S/C13H8N4.C10H8N2O.C10H8N2S.C9H8N2O2S/c1-4-9-10(12(7-14)16-2)5-6-11(9)13(8-15)17-3;2*1-3-7-8(4-5-10(7)13)9(6-11)12-2;1-3-9-7(8(6-10)11-2)4-5-14(9,12)13/h4H,5-6H2,1H3;2*3H,4-5H2,1H3;3H,4-5H2,1H3/b12-10-,13-11-;2*7-3-,9-8-;8-7-,9-3-. The van der Waals surface area contributed by atoms with Crippen molar-refractivity contribution >= 4 is 32.7 Å². The molecule has 0 aromatic heterocycles. The van der Waals surface area contributed by atoms with Gasteiger partial charge in [-0.1, -0.05) is 36.5 Å². The predicted molar refractivity (Wildman–Crippen MR) is 215 cm³/mol. The second-order valence-electron chi connectivity index (χ2n) is 11.4. The Kier molecular flexibility index (Phi) is 19.2. The topological polar surface area (TPSA) is 192 Å². The van der Waals surface area contributed by atoms with E-state index >= 15 is 0 Å². The Bertz CT molecular complexity index is 2400. The number of nitriles is 5. The van der Waals surface area contributed by atoms with E-state index in [9.17, 15) is 13.2 Å². The average molecular weight is 789 g/mol. The van der Waals surface area contributed by atoms with Crippen molar-refractivity contribution in [1.29, 1.82) is 26.3 Å². The lowest BCUT2D eigenvalue weighted by Crippen LogP contribution is -1.98. The maximum Gasteiger partial charge on any atom is 0.266 e. The van der Waals surface area contributed by atoms with Gasteiger partial charge >= 0.3 is 0 Å². The molecular formula is C42H32N10O3S2. The minimum absolute atomic E-state index is 0.00269. The number of thiocarbonyl (C=S) groups is 1. The molecule has 15 heteroatoms. The molecule has 0 aromatic carbocycles. The molecule has 4 rings (SSSR count). The molecule has 0 bridgehead atoms. The summed E-state index contributed by atoms with van der Waals surface area (Å²) in [6.45, 7) is 41.2. The van der Waals surface area contributed by atoms with E-state index in [0.717, 1.165) is 28.9 Å². The minimum atomic E-state index is -3.24. The summed E-state index contributed by atoms with van der Waals surface area (Å²) in [4.78, 5) is 27.9. The number of Topliss-reactive ketones (excluding diaryl/α,β-unsaturated/α-hetero) is 1. The third-order valence-electron chi connectivity index (χ3n) is 8.63. The summed E-state index contributed by atoms with van der Waals surface area (Å²) in [6, 6.07) is 9.14. The zero-order chi connectivity index (χ0) is 43.3. The molecule has 0 spiro atoms. The molecule has 280 valence electrons. The van der Waals surface area contributed by atoms with Crippen LogP contribution in [0.5, 0.6) is 0 Å². The van der Waals surface area contributed by atoms with Gasteiger partial charge in [-0.15, -0.1) is 0 Å². The summed E-state index contributed by atoms with van der Waals surface area (Å²) >= 11 is 5.12. The van der Waals surface area contributed by atoms with Gasteiger partial charge < -0.3 is 0 Å². The van der Waals surface area contributed by atoms with E-state index in [1.807, 2.05) is 37.3 Å². The molecule has 4 aliphatic rings. The fraction of sp³-hybridized carbons (Fsp3) is 0.286. The van der Waals surface area contributed by atoms with Crippen LogP contribution in [0.15, 0.2) is 102 Å². The van der Waals surface area contributed by atoms with Crippen LogP contribution in [0.4, 0.5) is 0 Å². The summed E-state index contributed by atoms with van der Waals surface area (Å²) in [7, 11) is -3.24. The van der Waals surface area contributed by atoms with Crippen molar-refractivity contribution in [2.24, 2.45) is 0 Å². The van der Waals surface area contributed by atoms with Crippen molar-refractivity contribution in [3.8, 4) is 30.3 Å². The summed E-state index contributed by atoms with van der Waals surface area (Å²) in [5, 5.41) is 43.6. The lowest BCUT2D eigenvalue weighted by molar-refractivity contribution is -0.114. The molecule has 0 N–H and O–H groups in total. The van der Waals surface area contributed by atoms with Crippen LogP contribution in [0.2, 0.25) is 0 Å². The highest BCUT2D eigenvalue weighted by molar-refractivity contribution is 7.95. The fourth-order valence-corrected chi connectivity index (χ4v) is 8.07. The fourth-order valence-electron chi connectivity index (χ4n) is 6.10. The van der Waals surface area contributed by atoms with Gasteiger partial charge in [0.1, 0.15) is 0 Å². The number of hydrogen-bond donors (Lipinski definition) is 0. The van der Waals surface area contributed by atoms with Gasteiger partial charge in [-0.3, -0.25) is 4.79 Å². The van der Waals surface area contributed by atoms with Crippen LogP contribution in [0, 0.1) is 89.5 Å². The normalized spacial score (nSPS) is 22.4. The van der Waals surface area contributed by atoms with Crippen LogP contribution in [0.3, 0.4) is 0 Å². The van der Waals surface area contributed by atoms with E-state index in [4.69, 9.17) is 71.4 Å². The SMILES string of the molecule is [C-]#[N+]/C(C#N)=C1/CC/C(=C(\C#N)[N+]#[C-])C1=CC.[C-]#[N+]/C(C#N)=C1/CCC(=O)/C1=C\C.[C-]#[N+]/C(C#N)=C1/CCC(=S)/C1=C\C.[C-]#[N+]/C(C#N)=C1/CCS(=O)(=O)/C1=C\C. The van der Waals surface area contributed by atoms with Crippen molar-refractivity contribution in [3.05, 3.63) is 159 Å². The van der Waals surface area contributed by atoms with Gasteiger partial charge in [-0.25, -0.2) is 59.0 Å². The molecular weight excluding hydrogens is 757 g/mol. The number of carbonyl (C=O) groups is 1. The van der Waals surface area contributed by atoms with Crippen LogP contribution < -0.4 is 0 Å². The number of hydrogen-bond acceptors (Lipinski definition) is 9. The second kappa shape index (κ2) is 23.1. The number of sulfone groups is 1. The first-order chi connectivity index (χ1) is 27.3. The van der Waals surface area contributed by atoms with Gasteiger partial charge in [0.25, 0.3) is 28.5 Å². The van der Waals surface area contributed by atoms with Crippen molar-refractivity contribution in [3.63, 3.8) is 0 Å². The molecule has 4 fully saturated rings. The maximum atomic E-state index is 11.4. The largest absolute Gasteiger partial charge is 0.294 e. The molecule has 0 unspecified atom stereocenters. The molecule has 0 atom stereocenters. The first-order valence-corrected chi connectivity index (χ1v) is 18.8. The molecule has 0 radical (unpaired) electrons. The van der Waals surface area contributed by atoms with Crippen molar-refractivity contribution in [2.75, 3.05) is 5.75 Å². The Balaban J connectivity index is 0.000000382. The van der Waals surface area contributed by atoms with Crippen molar-refractivity contribution < 1.29 is 13.2 Å². The first-order valence-electron chi connectivity index (χ1n) is 16.8. The highest BCUT2D eigenvalue weighted by Crippen LogP contribution is 2.40. The highest BCUT2D eigenvalue weighted by Gasteiger charge is 2.31. The molecule has 3 aliphatic carbocycles. The Labute approximate surface area is 339 Å².